The molecular weight excluding hydrogens is 244 g/mol. The van der Waals surface area contributed by atoms with Crippen LogP contribution in [0.1, 0.15) is 26.4 Å². The zero-order valence-electron chi connectivity index (χ0n) is 11.0. The zero-order valence-corrected chi connectivity index (χ0v) is 11.0. The second-order valence-corrected chi connectivity index (χ2v) is 4.47. The van der Waals surface area contributed by atoms with E-state index in [0.29, 0.717) is 16.6 Å². The summed E-state index contributed by atoms with van der Waals surface area (Å²) in [5, 5.41) is 9.90. The summed E-state index contributed by atoms with van der Waals surface area (Å²) < 4.78 is 0. The van der Waals surface area contributed by atoms with Crippen molar-refractivity contribution in [2.45, 2.75) is 6.92 Å². The highest BCUT2D eigenvalue weighted by Gasteiger charge is 2.24. The Balaban J connectivity index is 2.90. The summed E-state index contributed by atoms with van der Waals surface area (Å²) in [5.41, 5.74) is 1.17. The number of fused-ring (bicyclic) bond motifs is 1. The number of aryl methyl sites for hydroxylation is 1. The largest absolute Gasteiger partial charge is 0.478 e. The highest BCUT2D eigenvalue weighted by molar-refractivity contribution is 6.13. The summed E-state index contributed by atoms with van der Waals surface area (Å²) in [6, 6.07) is 6.92. The summed E-state index contributed by atoms with van der Waals surface area (Å²) in [5.74, 6) is -1.47. The molecule has 0 aliphatic carbocycles. The molecule has 0 bridgehead atoms. The summed E-state index contributed by atoms with van der Waals surface area (Å²) >= 11 is 0. The summed E-state index contributed by atoms with van der Waals surface area (Å²) in [7, 11) is 3.17. The van der Waals surface area contributed by atoms with E-state index >= 15 is 0 Å². The fourth-order valence-corrected chi connectivity index (χ4v) is 2.04. The zero-order chi connectivity index (χ0) is 14.2. The van der Waals surface area contributed by atoms with E-state index in [1.807, 2.05) is 0 Å². The van der Waals surface area contributed by atoms with Gasteiger partial charge in [-0.1, -0.05) is 18.2 Å². The van der Waals surface area contributed by atoms with E-state index < -0.39 is 5.97 Å². The van der Waals surface area contributed by atoms with Crippen LogP contribution in [0.5, 0.6) is 0 Å². The van der Waals surface area contributed by atoms with Crippen LogP contribution >= 0.6 is 0 Å². The van der Waals surface area contributed by atoms with Crippen molar-refractivity contribution in [2.24, 2.45) is 0 Å². The molecule has 0 fully saturated rings. The van der Waals surface area contributed by atoms with Gasteiger partial charge in [-0.3, -0.25) is 9.78 Å². The number of carbonyl (C=O) groups excluding carboxylic acids is 1. The molecule has 2 aromatic rings. The number of carbonyl (C=O) groups is 2. The minimum absolute atomic E-state index is 0.0156. The number of carboxylic acids is 1. The summed E-state index contributed by atoms with van der Waals surface area (Å²) in [6.07, 6.45) is 0. The van der Waals surface area contributed by atoms with E-state index in [4.69, 9.17) is 0 Å². The van der Waals surface area contributed by atoms with Gasteiger partial charge >= 0.3 is 5.97 Å². The number of rotatable bonds is 2. The second kappa shape index (κ2) is 4.68. The third-order valence-corrected chi connectivity index (χ3v) is 2.91. The summed E-state index contributed by atoms with van der Waals surface area (Å²) in [6.45, 7) is 1.65. The summed E-state index contributed by atoms with van der Waals surface area (Å²) in [4.78, 5) is 29.3. The minimum Gasteiger partial charge on any atom is -0.478 e. The lowest BCUT2D eigenvalue weighted by Gasteiger charge is -2.15. The molecule has 5 nitrogen and oxygen atoms in total. The van der Waals surface area contributed by atoms with Gasteiger partial charge in [0.2, 0.25) is 0 Å². The lowest BCUT2D eigenvalue weighted by Crippen LogP contribution is -2.25. The van der Waals surface area contributed by atoms with Gasteiger partial charge in [0, 0.05) is 19.5 Å². The number of aromatic carboxylic acids is 1. The lowest BCUT2D eigenvalue weighted by atomic mass is 10.00. The van der Waals surface area contributed by atoms with Crippen molar-refractivity contribution in [3.63, 3.8) is 0 Å². The van der Waals surface area contributed by atoms with E-state index in [1.54, 1.807) is 45.3 Å². The first-order valence-corrected chi connectivity index (χ1v) is 5.77. The van der Waals surface area contributed by atoms with Crippen LogP contribution in [0.2, 0.25) is 0 Å². The van der Waals surface area contributed by atoms with Crippen LogP contribution in [0.3, 0.4) is 0 Å². The second-order valence-electron chi connectivity index (χ2n) is 4.47. The molecule has 0 saturated heterocycles. The molecule has 1 aromatic heterocycles. The van der Waals surface area contributed by atoms with E-state index in [-0.39, 0.29) is 17.0 Å². The fraction of sp³-hybridized carbons (Fsp3) is 0.214. The van der Waals surface area contributed by atoms with Crippen molar-refractivity contribution in [3.8, 4) is 0 Å². The molecule has 1 N–H and O–H groups in total. The molecule has 0 spiro atoms. The van der Waals surface area contributed by atoms with Crippen molar-refractivity contribution in [2.75, 3.05) is 14.1 Å². The van der Waals surface area contributed by atoms with Crippen LogP contribution in [-0.4, -0.2) is 41.0 Å². The molecule has 0 aliphatic rings. The van der Waals surface area contributed by atoms with Crippen molar-refractivity contribution in [1.82, 2.24) is 9.88 Å². The molecule has 0 saturated carbocycles. The van der Waals surface area contributed by atoms with E-state index in [1.165, 1.54) is 4.90 Å². The van der Waals surface area contributed by atoms with Crippen molar-refractivity contribution >= 4 is 22.8 Å². The average Bonchev–Trinajstić information content (AvgIpc) is 2.35. The average molecular weight is 258 g/mol. The first-order chi connectivity index (χ1) is 8.93. The molecule has 19 heavy (non-hydrogen) atoms. The number of nitrogens with zero attached hydrogens (tertiary/aromatic N) is 2. The van der Waals surface area contributed by atoms with Crippen LogP contribution in [-0.2, 0) is 0 Å². The maximum absolute atomic E-state index is 12.2. The first-order valence-electron chi connectivity index (χ1n) is 5.77. The number of pyridine rings is 1. The van der Waals surface area contributed by atoms with Gasteiger partial charge in [-0.2, -0.15) is 0 Å². The third-order valence-electron chi connectivity index (χ3n) is 2.91. The Labute approximate surface area is 110 Å². The molecule has 0 unspecified atom stereocenters. The van der Waals surface area contributed by atoms with Gasteiger partial charge < -0.3 is 10.0 Å². The highest BCUT2D eigenvalue weighted by Crippen LogP contribution is 2.24. The number of benzene rings is 1. The SMILES string of the molecule is Cc1nc2ccccc2c(C(=O)O)c1C(=O)N(C)C. The van der Waals surface area contributed by atoms with E-state index in [9.17, 15) is 14.7 Å². The van der Waals surface area contributed by atoms with Gasteiger partial charge in [-0.05, 0) is 13.0 Å². The molecule has 0 atom stereocenters. The maximum atomic E-state index is 12.2. The Morgan fingerprint density at radius 2 is 1.79 bits per heavy atom. The normalized spacial score (nSPS) is 10.5. The number of amides is 1. The van der Waals surface area contributed by atoms with Gasteiger partial charge in [0.05, 0.1) is 22.3 Å². The highest BCUT2D eigenvalue weighted by atomic mass is 16.4. The van der Waals surface area contributed by atoms with Crippen LogP contribution in [0.4, 0.5) is 0 Å². The Bertz CT molecular complexity index is 678. The molecule has 1 heterocycles. The van der Waals surface area contributed by atoms with Gasteiger partial charge in [0.25, 0.3) is 5.91 Å². The van der Waals surface area contributed by atoms with Gasteiger partial charge in [-0.25, -0.2) is 4.79 Å². The standard InChI is InChI=1S/C14H14N2O3/c1-8-11(13(17)16(2)3)12(14(18)19)9-6-4-5-7-10(9)15-8/h4-7H,1-3H3,(H,18,19). The third kappa shape index (κ3) is 2.14. The monoisotopic (exact) mass is 258 g/mol. The Hall–Kier alpha value is -2.43. The smallest absolute Gasteiger partial charge is 0.337 e. The van der Waals surface area contributed by atoms with Crippen molar-refractivity contribution < 1.29 is 14.7 Å². The number of hydrogen-bond donors (Lipinski definition) is 1. The predicted octanol–water partition coefficient (Wildman–Crippen LogP) is 1.94. The molecule has 0 aliphatic heterocycles. The molecule has 2 rings (SSSR count). The topological polar surface area (TPSA) is 70.5 Å². The molecule has 1 amide bonds. The molecular formula is C14H14N2O3. The fourth-order valence-electron chi connectivity index (χ4n) is 2.04. The molecule has 1 aromatic carbocycles. The number of hydrogen-bond acceptors (Lipinski definition) is 3. The van der Waals surface area contributed by atoms with Gasteiger partial charge in [0.1, 0.15) is 0 Å². The predicted molar refractivity (Wildman–Crippen MR) is 71.5 cm³/mol. The Morgan fingerprint density at radius 1 is 1.16 bits per heavy atom. The molecule has 0 radical (unpaired) electrons. The van der Waals surface area contributed by atoms with Crippen LogP contribution in [0.25, 0.3) is 10.9 Å². The Morgan fingerprint density at radius 3 is 2.37 bits per heavy atom. The van der Waals surface area contributed by atoms with Gasteiger partial charge in [0.15, 0.2) is 0 Å². The number of aromatic nitrogens is 1. The minimum atomic E-state index is -1.12. The lowest BCUT2D eigenvalue weighted by molar-refractivity contribution is 0.0687. The first kappa shape index (κ1) is 13.0. The van der Waals surface area contributed by atoms with Crippen LogP contribution in [0, 0.1) is 6.92 Å². The molecule has 98 valence electrons. The van der Waals surface area contributed by atoms with Gasteiger partial charge in [-0.15, -0.1) is 0 Å². The number of carboxylic acid groups (broad SMARTS) is 1. The maximum Gasteiger partial charge on any atom is 0.337 e. The van der Waals surface area contributed by atoms with Crippen molar-refractivity contribution in [3.05, 3.63) is 41.1 Å². The van der Waals surface area contributed by atoms with Crippen LogP contribution in [0.15, 0.2) is 24.3 Å². The van der Waals surface area contributed by atoms with E-state index in [2.05, 4.69) is 4.98 Å². The quantitative estimate of drug-likeness (QED) is 0.893. The Kier molecular flexibility index (Phi) is 3.21. The van der Waals surface area contributed by atoms with Crippen LogP contribution < -0.4 is 0 Å². The van der Waals surface area contributed by atoms with Crippen molar-refractivity contribution in [1.29, 1.82) is 0 Å². The number of para-hydroxylation sites is 1. The van der Waals surface area contributed by atoms with E-state index in [0.717, 1.165) is 0 Å². The molecule has 5 heteroatoms.